The predicted octanol–water partition coefficient (Wildman–Crippen LogP) is 3.14. The maximum absolute atomic E-state index is 9.87. The molecule has 3 rings (SSSR count). The van der Waals surface area contributed by atoms with E-state index in [1.807, 2.05) is 30.5 Å². The molecule has 1 N–H and O–H groups in total. The number of rotatable bonds is 1. The van der Waals surface area contributed by atoms with Crippen molar-refractivity contribution in [3.05, 3.63) is 40.8 Å². The molecule has 0 spiro atoms. The summed E-state index contributed by atoms with van der Waals surface area (Å²) in [6.07, 6.45) is 3.45. The number of halogens is 1. The first-order valence-electron chi connectivity index (χ1n) is 5.75. The number of hydrogen-bond donors (Lipinski definition) is 1. The molecule has 0 saturated heterocycles. The van der Waals surface area contributed by atoms with E-state index in [1.54, 1.807) is 0 Å². The van der Waals surface area contributed by atoms with Crippen molar-refractivity contribution in [2.45, 2.75) is 25.5 Å². The lowest BCUT2D eigenvalue weighted by Crippen LogP contribution is -2.14. The lowest BCUT2D eigenvalue weighted by Gasteiger charge is -2.18. The summed E-state index contributed by atoms with van der Waals surface area (Å²) in [6.45, 7) is 0.954. The maximum Gasteiger partial charge on any atom is 0.138 e. The summed E-state index contributed by atoms with van der Waals surface area (Å²) in [4.78, 5) is 4.53. The van der Waals surface area contributed by atoms with E-state index in [0.29, 0.717) is 0 Å². The molecule has 4 heteroatoms. The number of aliphatic hydroxyl groups is 1. The molecule has 1 aliphatic rings. The molecule has 0 saturated carbocycles. The number of benzene rings is 1. The molecule has 0 fully saturated rings. The fourth-order valence-electron chi connectivity index (χ4n) is 2.22. The van der Waals surface area contributed by atoms with E-state index in [2.05, 4.69) is 25.5 Å². The largest absolute Gasteiger partial charge is 0.385 e. The summed E-state index contributed by atoms with van der Waals surface area (Å²) in [7, 11) is 0. The van der Waals surface area contributed by atoms with E-state index < -0.39 is 6.10 Å². The summed E-state index contributed by atoms with van der Waals surface area (Å²) < 4.78 is 3.12. The molecule has 0 unspecified atom stereocenters. The standard InChI is InChI=1S/C13H13BrN2O/c14-10-5-3-9(4-6-10)11-8-16-7-1-2-12(17)13(16)15-11/h3-6,8,12,17H,1-2,7H2/t12-/m0/s1. The minimum absolute atomic E-state index is 0.409. The molecular weight excluding hydrogens is 280 g/mol. The van der Waals surface area contributed by atoms with Gasteiger partial charge in [0.1, 0.15) is 11.9 Å². The number of aliphatic hydroxyl groups excluding tert-OH is 1. The van der Waals surface area contributed by atoms with Gasteiger partial charge in [0.05, 0.1) is 5.69 Å². The second-order valence-electron chi connectivity index (χ2n) is 4.34. The Bertz CT molecular complexity index is 533. The van der Waals surface area contributed by atoms with Crippen molar-refractivity contribution in [1.29, 1.82) is 0 Å². The SMILES string of the molecule is O[C@H]1CCCn2cc(-c3ccc(Br)cc3)nc21. The van der Waals surface area contributed by atoms with Crippen LogP contribution in [0.1, 0.15) is 24.8 Å². The van der Waals surface area contributed by atoms with Crippen molar-refractivity contribution in [2.75, 3.05) is 0 Å². The van der Waals surface area contributed by atoms with Gasteiger partial charge >= 0.3 is 0 Å². The summed E-state index contributed by atoms with van der Waals surface area (Å²) in [5.74, 6) is 0.800. The lowest BCUT2D eigenvalue weighted by molar-refractivity contribution is 0.134. The van der Waals surface area contributed by atoms with Crippen LogP contribution in [0.25, 0.3) is 11.3 Å². The first-order chi connectivity index (χ1) is 8.24. The number of imidazole rings is 1. The molecule has 0 bridgehead atoms. The number of hydrogen-bond acceptors (Lipinski definition) is 2. The zero-order valence-electron chi connectivity index (χ0n) is 9.31. The average Bonchev–Trinajstić information content (AvgIpc) is 2.75. The molecule has 0 amide bonds. The second-order valence-corrected chi connectivity index (χ2v) is 5.26. The third kappa shape index (κ3) is 2.03. The van der Waals surface area contributed by atoms with Crippen LogP contribution in [0.15, 0.2) is 34.9 Å². The first kappa shape index (κ1) is 11.0. The van der Waals surface area contributed by atoms with E-state index in [0.717, 1.165) is 40.9 Å². The zero-order chi connectivity index (χ0) is 11.8. The smallest absolute Gasteiger partial charge is 0.138 e. The van der Waals surface area contributed by atoms with Crippen LogP contribution in [0.4, 0.5) is 0 Å². The molecule has 0 aliphatic carbocycles. The normalized spacial score (nSPS) is 19.1. The van der Waals surface area contributed by atoms with Gasteiger partial charge in [-0.05, 0) is 25.0 Å². The molecule has 1 atom stereocenters. The highest BCUT2D eigenvalue weighted by Crippen LogP contribution is 2.28. The van der Waals surface area contributed by atoms with Crippen molar-refractivity contribution in [1.82, 2.24) is 9.55 Å². The van der Waals surface area contributed by atoms with Crippen molar-refractivity contribution in [3.8, 4) is 11.3 Å². The van der Waals surface area contributed by atoms with Gasteiger partial charge in [-0.3, -0.25) is 0 Å². The molecule has 1 aromatic heterocycles. The fourth-order valence-corrected chi connectivity index (χ4v) is 2.48. The summed E-state index contributed by atoms with van der Waals surface area (Å²) in [6, 6.07) is 8.07. The van der Waals surface area contributed by atoms with Gasteiger partial charge in [-0.15, -0.1) is 0 Å². The van der Waals surface area contributed by atoms with Crippen LogP contribution < -0.4 is 0 Å². The third-order valence-corrected chi connectivity index (χ3v) is 3.65. The van der Waals surface area contributed by atoms with Gasteiger partial charge in [-0.25, -0.2) is 4.98 Å². The minimum Gasteiger partial charge on any atom is -0.385 e. The van der Waals surface area contributed by atoms with Crippen molar-refractivity contribution < 1.29 is 5.11 Å². The quantitative estimate of drug-likeness (QED) is 0.877. The van der Waals surface area contributed by atoms with Gasteiger partial charge in [0.2, 0.25) is 0 Å². The van der Waals surface area contributed by atoms with Crippen LogP contribution in [0.5, 0.6) is 0 Å². The Morgan fingerprint density at radius 1 is 1.29 bits per heavy atom. The lowest BCUT2D eigenvalue weighted by atomic mass is 10.1. The van der Waals surface area contributed by atoms with Crippen molar-refractivity contribution in [3.63, 3.8) is 0 Å². The van der Waals surface area contributed by atoms with Gasteiger partial charge in [-0.2, -0.15) is 0 Å². The van der Waals surface area contributed by atoms with E-state index in [-0.39, 0.29) is 0 Å². The average molecular weight is 293 g/mol. The first-order valence-corrected chi connectivity index (χ1v) is 6.54. The number of aromatic nitrogens is 2. The van der Waals surface area contributed by atoms with Crippen molar-refractivity contribution in [2.24, 2.45) is 0 Å². The molecular formula is C13H13BrN2O. The maximum atomic E-state index is 9.87. The highest BCUT2D eigenvalue weighted by Gasteiger charge is 2.20. The third-order valence-electron chi connectivity index (χ3n) is 3.12. The number of nitrogens with zero attached hydrogens (tertiary/aromatic N) is 2. The monoisotopic (exact) mass is 292 g/mol. The Morgan fingerprint density at radius 3 is 2.76 bits per heavy atom. The Kier molecular flexibility index (Phi) is 2.76. The highest BCUT2D eigenvalue weighted by atomic mass is 79.9. The molecule has 0 radical (unpaired) electrons. The molecule has 2 aromatic rings. The van der Waals surface area contributed by atoms with Gasteiger partial charge in [-0.1, -0.05) is 28.1 Å². The van der Waals surface area contributed by atoms with Crippen molar-refractivity contribution >= 4 is 15.9 Å². The Hall–Kier alpha value is -1.13. The van der Waals surface area contributed by atoms with Crippen LogP contribution in [-0.2, 0) is 6.54 Å². The highest BCUT2D eigenvalue weighted by molar-refractivity contribution is 9.10. The van der Waals surface area contributed by atoms with Gasteiger partial charge in [0, 0.05) is 22.8 Å². The van der Waals surface area contributed by atoms with E-state index in [4.69, 9.17) is 0 Å². The molecule has 17 heavy (non-hydrogen) atoms. The predicted molar refractivity (Wildman–Crippen MR) is 69.6 cm³/mol. The van der Waals surface area contributed by atoms with E-state index >= 15 is 0 Å². The Morgan fingerprint density at radius 2 is 2.06 bits per heavy atom. The van der Waals surface area contributed by atoms with Crippen LogP contribution in [0, 0.1) is 0 Å². The van der Waals surface area contributed by atoms with Crippen LogP contribution in [0.3, 0.4) is 0 Å². The molecule has 1 aromatic carbocycles. The van der Waals surface area contributed by atoms with Crippen LogP contribution in [-0.4, -0.2) is 14.7 Å². The van der Waals surface area contributed by atoms with Gasteiger partial charge in [0.25, 0.3) is 0 Å². The van der Waals surface area contributed by atoms with E-state index in [9.17, 15) is 5.11 Å². The summed E-state index contributed by atoms with van der Waals surface area (Å²) in [5.41, 5.74) is 2.02. The zero-order valence-corrected chi connectivity index (χ0v) is 10.9. The number of fused-ring (bicyclic) bond motifs is 1. The topological polar surface area (TPSA) is 38.0 Å². The number of aryl methyl sites for hydroxylation is 1. The second kappa shape index (κ2) is 4.27. The van der Waals surface area contributed by atoms with Gasteiger partial charge < -0.3 is 9.67 Å². The summed E-state index contributed by atoms with van der Waals surface area (Å²) >= 11 is 3.42. The Balaban J connectivity index is 2.02. The molecule has 2 heterocycles. The summed E-state index contributed by atoms with van der Waals surface area (Å²) in [5, 5.41) is 9.87. The molecule has 3 nitrogen and oxygen atoms in total. The Labute approximate surface area is 108 Å². The molecule has 1 aliphatic heterocycles. The van der Waals surface area contributed by atoms with Gasteiger partial charge in [0.15, 0.2) is 0 Å². The fraction of sp³-hybridized carbons (Fsp3) is 0.308. The van der Waals surface area contributed by atoms with Crippen LogP contribution in [0.2, 0.25) is 0 Å². The molecule has 88 valence electrons. The minimum atomic E-state index is -0.409. The van der Waals surface area contributed by atoms with E-state index in [1.165, 1.54) is 0 Å². The van der Waals surface area contributed by atoms with Crippen LogP contribution >= 0.6 is 15.9 Å².